The van der Waals surface area contributed by atoms with E-state index in [1.807, 2.05) is 91.0 Å². The van der Waals surface area contributed by atoms with Gasteiger partial charge in [-0.2, -0.15) is 0 Å². The van der Waals surface area contributed by atoms with Crippen LogP contribution in [0.1, 0.15) is 0 Å². The molecule has 5 heteroatoms. The highest BCUT2D eigenvalue weighted by Gasteiger charge is 2.15. The molecule has 3 aromatic heterocycles. The predicted octanol–water partition coefficient (Wildman–Crippen LogP) is 10.3. The first-order chi connectivity index (χ1) is 21.8. The average Bonchev–Trinajstić information content (AvgIpc) is 3.66. The van der Waals surface area contributed by atoms with Gasteiger partial charge in [0.15, 0.2) is 17.5 Å². The van der Waals surface area contributed by atoms with Crippen LogP contribution in [-0.4, -0.2) is 15.0 Å². The number of aromatic nitrogens is 3. The van der Waals surface area contributed by atoms with Crippen molar-refractivity contribution in [3.63, 3.8) is 0 Å². The third-order valence-electron chi connectivity index (χ3n) is 8.14. The van der Waals surface area contributed by atoms with Gasteiger partial charge in [0, 0.05) is 38.2 Å². The number of benzene rings is 6. The van der Waals surface area contributed by atoms with Gasteiger partial charge in [-0.15, -0.1) is 0 Å². The van der Waals surface area contributed by atoms with E-state index >= 15 is 0 Å². The molecule has 44 heavy (non-hydrogen) atoms. The summed E-state index contributed by atoms with van der Waals surface area (Å²) in [6.07, 6.45) is 0. The monoisotopic (exact) mass is 565 g/mol. The highest BCUT2D eigenvalue weighted by atomic mass is 16.3. The summed E-state index contributed by atoms with van der Waals surface area (Å²) in [7, 11) is 0. The molecule has 9 rings (SSSR count). The highest BCUT2D eigenvalue weighted by Crippen LogP contribution is 2.37. The zero-order valence-corrected chi connectivity index (χ0v) is 23.4. The standard InChI is InChI=1S/C39H23N3O2/c1-3-9-24(10-4-1)37-40-38(25-11-5-2-6-12-25)42-39(41-37)28-16-19-31-30-18-15-27(22-35(30)44-36(31)23-28)26-17-20-34-32(21-26)29-13-7-8-14-33(29)43-34/h1-23H. The van der Waals surface area contributed by atoms with Crippen LogP contribution in [0.4, 0.5) is 0 Å². The molecule has 9 aromatic rings. The van der Waals surface area contributed by atoms with Gasteiger partial charge in [-0.3, -0.25) is 0 Å². The van der Waals surface area contributed by atoms with Crippen LogP contribution in [-0.2, 0) is 0 Å². The maximum Gasteiger partial charge on any atom is 0.164 e. The van der Waals surface area contributed by atoms with Crippen molar-refractivity contribution in [1.82, 2.24) is 15.0 Å². The lowest BCUT2D eigenvalue weighted by Crippen LogP contribution is -2.00. The van der Waals surface area contributed by atoms with Crippen LogP contribution >= 0.6 is 0 Å². The van der Waals surface area contributed by atoms with Crippen LogP contribution in [0.15, 0.2) is 148 Å². The van der Waals surface area contributed by atoms with Crippen LogP contribution in [0, 0.1) is 0 Å². The Balaban J connectivity index is 1.15. The minimum absolute atomic E-state index is 0.599. The summed E-state index contributed by atoms with van der Waals surface area (Å²) in [6, 6.07) is 47.1. The quantitative estimate of drug-likeness (QED) is 0.212. The predicted molar refractivity (Wildman–Crippen MR) is 176 cm³/mol. The van der Waals surface area contributed by atoms with Gasteiger partial charge < -0.3 is 8.83 Å². The number of para-hydroxylation sites is 1. The van der Waals surface area contributed by atoms with Gasteiger partial charge in [-0.05, 0) is 53.6 Å². The lowest BCUT2D eigenvalue weighted by Gasteiger charge is -2.08. The smallest absolute Gasteiger partial charge is 0.164 e. The molecular formula is C39H23N3O2. The van der Waals surface area contributed by atoms with Gasteiger partial charge in [0.25, 0.3) is 0 Å². The maximum atomic E-state index is 6.46. The number of nitrogens with zero attached hydrogens (tertiary/aromatic N) is 3. The van der Waals surface area contributed by atoms with Crippen LogP contribution in [0.5, 0.6) is 0 Å². The Hall–Kier alpha value is -6.07. The van der Waals surface area contributed by atoms with Crippen LogP contribution < -0.4 is 0 Å². The van der Waals surface area contributed by atoms with E-state index in [4.69, 9.17) is 23.8 Å². The number of fused-ring (bicyclic) bond motifs is 6. The Morgan fingerprint density at radius 3 is 1.43 bits per heavy atom. The Labute approximate surface area is 252 Å². The molecule has 6 aromatic carbocycles. The Morgan fingerprint density at radius 2 is 0.750 bits per heavy atom. The molecular weight excluding hydrogens is 542 g/mol. The van der Waals surface area contributed by atoms with E-state index in [9.17, 15) is 0 Å². The summed E-state index contributed by atoms with van der Waals surface area (Å²) in [6.45, 7) is 0. The van der Waals surface area contributed by atoms with E-state index in [-0.39, 0.29) is 0 Å². The first-order valence-corrected chi connectivity index (χ1v) is 14.5. The fourth-order valence-electron chi connectivity index (χ4n) is 5.94. The molecule has 0 unspecified atom stereocenters. The van der Waals surface area contributed by atoms with E-state index in [2.05, 4.69) is 48.5 Å². The fourth-order valence-corrected chi connectivity index (χ4v) is 5.94. The number of rotatable bonds is 4. The molecule has 0 aliphatic carbocycles. The first-order valence-electron chi connectivity index (χ1n) is 14.5. The van der Waals surface area contributed by atoms with Crippen molar-refractivity contribution >= 4 is 43.9 Å². The maximum absolute atomic E-state index is 6.46. The summed E-state index contributed by atoms with van der Waals surface area (Å²) in [5.74, 6) is 1.86. The van der Waals surface area contributed by atoms with E-state index < -0.39 is 0 Å². The van der Waals surface area contributed by atoms with Gasteiger partial charge in [-0.1, -0.05) is 97.1 Å². The molecule has 0 aliphatic rings. The van der Waals surface area contributed by atoms with E-state index in [1.165, 1.54) is 0 Å². The Bertz CT molecular complexity index is 2440. The molecule has 0 atom stereocenters. The third-order valence-corrected chi connectivity index (χ3v) is 8.14. The van der Waals surface area contributed by atoms with Crippen molar-refractivity contribution in [2.45, 2.75) is 0 Å². The molecule has 0 saturated heterocycles. The second-order valence-corrected chi connectivity index (χ2v) is 10.9. The zero-order chi connectivity index (χ0) is 29.0. The van der Waals surface area contributed by atoms with Gasteiger partial charge in [0.05, 0.1) is 0 Å². The van der Waals surface area contributed by atoms with Gasteiger partial charge in [0.2, 0.25) is 0 Å². The molecule has 0 spiro atoms. The zero-order valence-electron chi connectivity index (χ0n) is 23.4. The van der Waals surface area contributed by atoms with Crippen LogP contribution in [0.3, 0.4) is 0 Å². The number of hydrogen-bond donors (Lipinski definition) is 0. The largest absolute Gasteiger partial charge is 0.456 e. The topological polar surface area (TPSA) is 65.0 Å². The normalized spacial score (nSPS) is 11.6. The highest BCUT2D eigenvalue weighted by molar-refractivity contribution is 6.08. The Kier molecular flexibility index (Phi) is 5.43. The molecule has 206 valence electrons. The second kappa shape index (κ2) is 9.75. The lowest BCUT2D eigenvalue weighted by molar-refractivity contribution is 0.669. The molecule has 0 bridgehead atoms. The molecule has 5 nitrogen and oxygen atoms in total. The molecule has 0 fully saturated rings. The molecule has 0 radical (unpaired) electrons. The summed E-state index contributed by atoms with van der Waals surface area (Å²) in [5, 5.41) is 4.34. The molecule has 0 aliphatic heterocycles. The summed E-state index contributed by atoms with van der Waals surface area (Å²) < 4.78 is 12.5. The minimum atomic E-state index is 0.599. The number of furan rings is 2. The molecule has 0 amide bonds. The van der Waals surface area contributed by atoms with Gasteiger partial charge in [0.1, 0.15) is 22.3 Å². The van der Waals surface area contributed by atoms with Crippen molar-refractivity contribution in [3.8, 4) is 45.3 Å². The fraction of sp³-hybridized carbons (Fsp3) is 0. The average molecular weight is 566 g/mol. The van der Waals surface area contributed by atoms with Crippen molar-refractivity contribution < 1.29 is 8.83 Å². The van der Waals surface area contributed by atoms with Crippen LogP contribution in [0.25, 0.3) is 89.2 Å². The molecule has 3 heterocycles. The van der Waals surface area contributed by atoms with E-state index in [0.717, 1.165) is 71.7 Å². The summed E-state index contributed by atoms with van der Waals surface area (Å²) >= 11 is 0. The van der Waals surface area contributed by atoms with E-state index in [0.29, 0.717) is 17.5 Å². The van der Waals surface area contributed by atoms with Crippen LogP contribution in [0.2, 0.25) is 0 Å². The second-order valence-electron chi connectivity index (χ2n) is 10.9. The van der Waals surface area contributed by atoms with Gasteiger partial charge in [-0.25, -0.2) is 15.0 Å². The van der Waals surface area contributed by atoms with Crippen molar-refractivity contribution in [2.24, 2.45) is 0 Å². The first kappa shape index (κ1) is 24.5. The minimum Gasteiger partial charge on any atom is -0.456 e. The number of hydrogen-bond acceptors (Lipinski definition) is 5. The third kappa shape index (κ3) is 4.06. The Morgan fingerprint density at radius 1 is 0.295 bits per heavy atom. The van der Waals surface area contributed by atoms with Crippen molar-refractivity contribution in [3.05, 3.63) is 140 Å². The van der Waals surface area contributed by atoms with Crippen molar-refractivity contribution in [2.75, 3.05) is 0 Å². The molecule has 0 N–H and O–H groups in total. The van der Waals surface area contributed by atoms with Gasteiger partial charge >= 0.3 is 0 Å². The SMILES string of the molecule is c1ccc(-c2nc(-c3ccccc3)nc(-c3ccc4c(c3)oc3cc(-c5ccc6oc7ccccc7c6c5)ccc34)n2)cc1. The summed E-state index contributed by atoms with van der Waals surface area (Å²) in [5.41, 5.74) is 8.34. The van der Waals surface area contributed by atoms with Crippen molar-refractivity contribution in [1.29, 1.82) is 0 Å². The van der Waals surface area contributed by atoms with E-state index in [1.54, 1.807) is 0 Å². The lowest BCUT2D eigenvalue weighted by atomic mass is 10.0. The molecule has 0 saturated carbocycles. The summed E-state index contributed by atoms with van der Waals surface area (Å²) in [4.78, 5) is 14.6.